The first kappa shape index (κ1) is 24.3. The normalized spacial score (nSPS) is 26.2. The Morgan fingerprint density at radius 1 is 1.19 bits per heavy atom. The summed E-state index contributed by atoms with van der Waals surface area (Å²) in [6, 6.07) is 14.5. The Bertz CT molecular complexity index is 1240. The lowest BCUT2D eigenvalue weighted by Crippen LogP contribution is -2.63. The summed E-state index contributed by atoms with van der Waals surface area (Å²) in [6.45, 7) is 6.35. The van der Waals surface area contributed by atoms with Gasteiger partial charge in [-0.1, -0.05) is 24.1 Å². The molecule has 3 atom stereocenters. The molecule has 2 fully saturated rings. The van der Waals surface area contributed by atoms with Crippen LogP contribution >= 0.6 is 0 Å². The average molecular weight is 489 g/mol. The van der Waals surface area contributed by atoms with Gasteiger partial charge in [-0.05, 0) is 75.4 Å². The third kappa shape index (κ3) is 4.24. The summed E-state index contributed by atoms with van der Waals surface area (Å²) in [4.78, 5) is 24.7. The van der Waals surface area contributed by atoms with E-state index < -0.39 is 5.54 Å². The maximum atomic E-state index is 14.3. The number of likely N-dealkylation sites (tertiary alicyclic amines) is 2. The van der Waals surface area contributed by atoms with E-state index in [1.54, 1.807) is 18.1 Å². The van der Waals surface area contributed by atoms with Gasteiger partial charge >= 0.3 is 6.03 Å². The number of nitrogens with zero attached hydrogens (tertiary/aromatic N) is 4. The molecule has 2 saturated heterocycles. The third-order valence-electron chi connectivity index (χ3n) is 7.83. The van der Waals surface area contributed by atoms with Crippen LogP contribution in [0.3, 0.4) is 0 Å². The molecule has 3 aliphatic heterocycles. The van der Waals surface area contributed by atoms with E-state index in [1.807, 2.05) is 25.1 Å². The van der Waals surface area contributed by atoms with Gasteiger partial charge in [0.05, 0.1) is 19.7 Å². The lowest BCUT2D eigenvalue weighted by Gasteiger charge is -2.49. The van der Waals surface area contributed by atoms with Crippen molar-refractivity contribution in [3.05, 3.63) is 59.9 Å². The number of ether oxygens (including phenoxy) is 1. The van der Waals surface area contributed by atoms with Gasteiger partial charge in [0.2, 0.25) is 0 Å². The minimum Gasteiger partial charge on any atom is -0.497 e. The first-order valence-corrected chi connectivity index (χ1v) is 12.7. The molecule has 6 nitrogen and oxygen atoms in total. The predicted molar refractivity (Wildman–Crippen MR) is 140 cm³/mol. The van der Waals surface area contributed by atoms with Crippen LogP contribution in [-0.4, -0.2) is 60.0 Å². The maximum Gasteiger partial charge on any atom is 0.350 e. The number of amides is 2. The van der Waals surface area contributed by atoms with E-state index in [0.29, 0.717) is 25.1 Å². The zero-order valence-corrected chi connectivity index (χ0v) is 21.2. The molecule has 2 aromatic rings. The summed E-state index contributed by atoms with van der Waals surface area (Å²) in [5.41, 5.74) is 1.08. The van der Waals surface area contributed by atoms with E-state index in [0.717, 1.165) is 43.1 Å². The molecule has 0 aromatic heterocycles. The number of carbonyl (C=O) groups excluding carboxylic acids is 1. The summed E-state index contributed by atoms with van der Waals surface area (Å²) in [7, 11) is 1.68. The highest BCUT2D eigenvalue weighted by Gasteiger charge is 2.56. The minimum atomic E-state index is -0.637. The Morgan fingerprint density at radius 3 is 2.78 bits per heavy atom. The number of halogens is 1. The number of anilines is 1. The van der Waals surface area contributed by atoms with Crippen LogP contribution in [0, 0.1) is 17.7 Å². The zero-order valence-electron chi connectivity index (χ0n) is 21.2. The molecule has 2 aromatic carbocycles. The molecule has 0 bridgehead atoms. The first-order chi connectivity index (χ1) is 17.5. The van der Waals surface area contributed by atoms with Gasteiger partial charge in [-0.25, -0.2) is 9.18 Å². The van der Waals surface area contributed by atoms with Crippen molar-refractivity contribution in [3.63, 3.8) is 0 Å². The van der Waals surface area contributed by atoms with E-state index in [4.69, 9.17) is 9.73 Å². The number of hydrogen-bond acceptors (Lipinski definition) is 4. The van der Waals surface area contributed by atoms with Gasteiger partial charge in [0.15, 0.2) is 0 Å². The van der Waals surface area contributed by atoms with Gasteiger partial charge in [-0.2, -0.15) is 4.99 Å². The molecule has 3 heterocycles. The lowest BCUT2D eigenvalue weighted by molar-refractivity contribution is 0.141. The molecule has 3 aliphatic rings. The molecule has 188 valence electrons. The molecule has 0 N–H and O–H groups in total. The number of hydrogen-bond donors (Lipinski definition) is 0. The molecule has 1 unspecified atom stereocenters. The number of amidine groups is 1. The second-order valence-electron chi connectivity index (χ2n) is 9.89. The van der Waals surface area contributed by atoms with Crippen molar-refractivity contribution < 1.29 is 13.9 Å². The number of rotatable bonds is 4. The molecular formula is C29H33FN4O2. The first-order valence-electron chi connectivity index (χ1n) is 12.7. The van der Waals surface area contributed by atoms with Crippen LogP contribution in [0.2, 0.25) is 0 Å². The number of aliphatic imine (C=N–C) groups is 1. The topological polar surface area (TPSA) is 48.4 Å². The SMILES string of the molecule is CC#CCN1CC[C@@]2(C[C@@H]1C)C(N1CCCC1c1cccc(OC)c1)=NC(=O)N2c1cccc(F)c1. The summed E-state index contributed by atoms with van der Waals surface area (Å²) >= 11 is 0. The van der Waals surface area contributed by atoms with E-state index in [2.05, 4.69) is 40.7 Å². The number of methoxy groups -OCH3 is 1. The van der Waals surface area contributed by atoms with Crippen molar-refractivity contribution >= 4 is 17.6 Å². The zero-order chi connectivity index (χ0) is 25.3. The van der Waals surface area contributed by atoms with Crippen LogP contribution in [0.1, 0.15) is 51.1 Å². The molecule has 0 aliphatic carbocycles. The molecule has 5 rings (SSSR count). The largest absolute Gasteiger partial charge is 0.497 e. The van der Waals surface area contributed by atoms with Crippen LogP contribution in [0.5, 0.6) is 5.75 Å². The van der Waals surface area contributed by atoms with Crippen molar-refractivity contribution in [2.45, 2.75) is 57.2 Å². The van der Waals surface area contributed by atoms with Crippen LogP contribution < -0.4 is 9.64 Å². The number of urea groups is 1. The fraction of sp³-hybridized carbons (Fsp3) is 0.448. The predicted octanol–water partition coefficient (Wildman–Crippen LogP) is 5.26. The van der Waals surface area contributed by atoms with Crippen LogP contribution in [0.25, 0.3) is 0 Å². The van der Waals surface area contributed by atoms with Crippen LogP contribution in [-0.2, 0) is 0 Å². The van der Waals surface area contributed by atoms with Crippen molar-refractivity contribution in [1.82, 2.24) is 9.80 Å². The van der Waals surface area contributed by atoms with Gasteiger partial charge < -0.3 is 9.64 Å². The Morgan fingerprint density at radius 2 is 2.03 bits per heavy atom. The van der Waals surface area contributed by atoms with Crippen molar-refractivity contribution in [2.75, 3.05) is 31.6 Å². The van der Waals surface area contributed by atoms with E-state index in [9.17, 15) is 9.18 Å². The molecule has 1 spiro atoms. The average Bonchev–Trinajstić information content (AvgIpc) is 3.46. The number of benzene rings is 2. The fourth-order valence-electron chi connectivity index (χ4n) is 6.14. The number of carbonyl (C=O) groups is 1. The Hall–Kier alpha value is -3.37. The van der Waals surface area contributed by atoms with Gasteiger partial charge in [0.1, 0.15) is 22.9 Å². The third-order valence-corrected chi connectivity index (χ3v) is 7.83. The van der Waals surface area contributed by atoms with Crippen LogP contribution in [0.4, 0.5) is 14.9 Å². The maximum absolute atomic E-state index is 14.3. The van der Waals surface area contributed by atoms with Crippen molar-refractivity contribution in [1.29, 1.82) is 0 Å². The summed E-state index contributed by atoms with van der Waals surface area (Å²) in [5.74, 6) is 7.45. The van der Waals surface area contributed by atoms with Crippen molar-refractivity contribution in [2.24, 2.45) is 4.99 Å². The highest BCUT2D eigenvalue weighted by Crippen LogP contribution is 2.45. The quantitative estimate of drug-likeness (QED) is 0.551. The monoisotopic (exact) mass is 488 g/mol. The molecule has 0 radical (unpaired) electrons. The second-order valence-corrected chi connectivity index (χ2v) is 9.89. The smallest absolute Gasteiger partial charge is 0.350 e. The van der Waals surface area contributed by atoms with E-state index in [-0.39, 0.29) is 23.9 Å². The molecule has 7 heteroatoms. The summed E-state index contributed by atoms with van der Waals surface area (Å²) < 4.78 is 19.8. The molecule has 2 amide bonds. The Kier molecular flexibility index (Phi) is 6.72. The van der Waals surface area contributed by atoms with Gasteiger partial charge in [0, 0.05) is 24.8 Å². The standard InChI is InChI=1S/C29H33FN4O2/c1-4-5-15-32-17-14-29(20-21(32)2)27(31-28(35)34(29)24-11-7-10-23(30)19-24)33-16-8-13-26(33)22-9-6-12-25(18-22)36-3/h6-7,9-12,18-19,21,26H,8,13-17,20H2,1-3H3/t21-,26?,29+/m0/s1. The fourth-order valence-corrected chi connectivity index (χ4v) is 6.14. The highest BCUT2D eigenvalue weighted by atomic mass is 19.1. The van der Waals surface area contributed by atoms with E-state index >= 15 is 0 Å². The number of piperidine rings is 1. The minimum absolute atomic E-state index is 0.107. The lowest BCUT2D eigenvalue weighted by atomic mass is 9.80. The Balaban J connectivity index is 1.56. The van der Waals surface area contributed by atoms with E-state index in [1.165, 1.54) is 12.1 Å². The van der Waals surface area contributed by atoms with Gasteiger partial charge in [-0.3, -0.25) is 9.80 Å². The second kappa shape index (κ2) is 9.94. The van der Waals surface area contributed by atoms with Gasteiger partial charge in [-0.15, -0.1) is 5.92 Å². The molecule has 0 saturated carbocycles. The Labute approximate surface area is 212 Å². The summed E-state index contributed by atoms with van der Waals surface area (Å²) in [6.07, 6.45) is 3.41. The van der Waals surface area contributed by atoms with Crippen molar-refractivity contribution in [3.8, 4) is 17.6 Å². The molecular weight excluding hydrogens is 455 g/mol. The van der Waals surface area contributed by atoms with Gasteiger partial charge in [0.25, 0.3) is 0 Å². The van der Waals surface area contributed by atoms with Crippen LogP contribution in [0.15, 0.2) is 53.5 Å². The summed E-state index contributed by atoms with van der Waals surface area (Å²) in [5, 5.41) is 0. The molecule has 36 heavy (non-hydrogen) atoms. The highest BCUT2D eigenvalue weighted by molar-refractivity contribution is 6.16.